The van der Waals surface area contributed by atoms with E-state index in [0.29, 0.717) is 5.82 Å². The molecule has 62 heavy (non-hydrogen) atoms. The third-order valence-electron chi connectivity index (χ3n) is 12.4. The minimum absolute atomic E-state index is 0.676. The second-order valence-corrected chi connectivity index (χ2v) is 16.1. The van der Waals surface area contributed by atoms with E-state index < -0.39 is 0 Å². The first kappa shape index (κ1) is 35.7. The van der Waals surface area contributed by atoms with Crippen LogP contribution in [0.1, 0.15) is 0 Å². The van der Waals surface area contributed by atoms with Gasteiger partial charge in [-0.1, -0.05) is 194 Å². The van der Waals surface area contributed by atoms with Crippen LogP contribution >= 0.6 is 0 Å². The lowest BCUT2D eigenvalue weighted by atomic mass is 9.89. The summed E-state index contributed by atoms with van der Waals surface area (Å²) in [6, 6.07) is 83.1. The van der Waals surface area contributed by atoms with Gasteiger partial charge in [0, 0.05) is 16.7 Å². The monoisotopic (exact) mass is 786 g/mol. The fraction of sp³-hybridized carbons (Fsp3) is 0. The number of aromatic nitrogens is 2. The van der Waals surface area contributed by atoms with E-state index in [0.717, 1.165) is 55.9 Å². The van der Waals surface area contributed by atoms with E-state index in [2.05, 4.69) is 231 Å². The molecule has 0 saturated carbocycles. The molecule has 0 radical (unpaired) electrons. The Bertz CT molecular complexity index is 3650. The van der Waals surface area contributed by atoms with E-state index in [1.54, 1.807) is 0 Å². The van der Waals surface area contributed by atoms with Gasteiger partial charge < -0.3 is 0 Å². The van der Waals surface area contributed by atoms with Gasteiger partial charge >= 0.3 is 0 Å². The molecule has 0 aliphatic rings. The summed E-state index contributed by atoms with van der Waals surface area (Å²) in [6.07, 6.45) is 0. The smallest absolute Gasteiger partial charge is 0.160 e. The normalized spacial score (nSPS) is 11.5. The summed E-state index contributed by atoms with van der Waals surface area (Å²) in [5.41, 5.74) is 11.6. The Morgan fingerprint density at radius 2 is 0.694 bits per heavy atom. The quantitative estimate of drug-likeness (QED) is 0.157. The van der Waals surface area contributed by atoms with Gasteiger partial charge in [-0.2, -0.15) is 0 Å². The summed E-state index contributed by atoms with van der Waals surface area (Å²) in [7, 11) is 0. The van der Waals surface area contributed by atoms with Crippen LogP contribution in [0.5, 0.6) is 0 Å². The SMILES string of the molecule is c1ccc(-c2cc(-c3ccccc3-c3ccccc3)nc(-c3cc(-c4ccc5c6ccccc6c6ccccc6c5c4)cc(-c4cc5ccccc5c5ccccc45)c3)n2)cc1. The molecule has 0 amide bonds. The van der Waals surface area contributed by atoms with Crippen molar-refractivity contribution in [1.82, 2.24) is 9.97 Å². The Balaban J connectivity index is 1.14. The first-order chi connectivity index (χ1) is 30.7. The topological polar surface area (TPSA) is 25.8 Å². The number of fused-ring (bicyclic) bond motifs is 9. The first-order valence-electron chi connectivity index (χ1n) is 21.2. The van der Waals surface area contributed by atoms with Crippen molar-refractivity contribution in [2.24, 2.45) is 0 Å². The molecule has 288 valence electrons. The lowest BCUT2D eigenvalue weighted by Crippen LogP contribution is -1.98. The number of hydrogen-bond acceptors (Lipinski definition) is 2. The highest BCUT2D eigenvalue weighted by molar-refractivity contribution is 6.26. The van der Waals surface area contributed by atoms with Crippen LogP contribution in [-0.4, -0.2) is 9.97 Å². The molecule has 1 heterocycles. The summed E-state index contributed by atoms with van der Waals surface area (Å²) < 4.78 is 0. The van der Waals surface area contributed by atoms with Crippen LogP contribution in [-0.2, 0) is 0 Å². The molecule has 11 aromatic carbocycles. The average Bonchev–Trinajstić information content (AvgIpc) is 3.36. The van der Waals surface area contributed by atoms with Gasteiger partial charge in [-0.15, -0.1) is 0 Å². The Kier molecular flexibility index (Phi) is 8.53. The third kappa shape index (κ3) is 6.12. The van der Waals surface area contributed by atoms with Crippen molar-refractivity contribution in [3.63, 3.8) is 0 Å². The predicted molar refractivity (Wildman–Crippen MR) is 262 cm³/mol. The Morgan fingerprint density at radius 1 is 0.210 bits per heavy atom. The van der Waals surface area contributed by atoms with E-state index in [1.807, 2.05) is 0 Å². The minimum atomic E-state index is 0.676. The summed E-state index contributed by atoms with van der Waals surface area (Å²) in [5.74, 6) is 0.676. The lowest BCUT2D eigenvalue weighted by Gasteiger charge is -2.16. The molecule has 0 bridgehead atoms. The zero-order chi connectivity index (χ0) is 41.0. The number of hydrogen-bond donors (Lipinski definition) is 0. The average molecular weight is 787 g/mol. The maximum Gasteiger partial charge on any atom is 0.160 e. The lowest BCUT2D eigenvalue weighted by molar-refractivity contribution is 1.18. The highest BCUT2D eigenvalue weighted by atomic mass is 14.9. The number of nitrogens with zero attached hydrogens (tertiary/aromatic N) is 2. The van der Waals surface area contributed by atoms with Gasteiger partial charge in [0.1, 0.15) is 0 Å². The van der Waals surface area contributed by atoms with Gasteiger partial charge in [-0.3, -0.25) is 0 Å². The summed E-state index contributed by atoms with van der Waals surface area (Å²) >= 11 is 0. The van der Waals surface area contributed by atoms with E-state index in [9.17, 15) is 0 Å². The molecule has 0 saturated heterocycles. The molecule has 12 rings (SSSR count). The molecule has 12 aromatic rings. The van der Waals surface area contributed by atoms with E-state index in [1.165, 1.54) is 59.4 Å². The largest absolute Gasteiger partial charge is 0.228 e. The van der Waals surface area contributed by atoms with Crippen molar-refractivity contribution in [3.05, 3.63) is 231 Å². The Morgan fingerprint density at radius 3 is 1.39 bits per heavy atom. The molecular weight excluding hydrogens is 749 g/mol. The zero-order valence-electron chi connectivity index (χ0n) is 33.8. The van der Waals surface area contributed by atoms with Crippen molar-refractivity contribution >= 4 is 53.9 Å². The highest BCUT2D eigenvalue weighted by Crippen LogP contribution is 2.42. The predicted octanol–water partition coefficient (Wildman–Crippen LogP) is 16.2. The van der Waals surface area contributed by atoms with Gasteiger partial charge in [0.2, 0.25) is 0 Å². The van der Waals surface area contributed by atoms with E-state index >= 15 is 0 Å². The molecule has 0 fully saturated rings. The van der Waals surface area contributed by atoms with Crippen molar-refractivity contribution in [1.29, 1.82) is 0 Å². The summed E-state index contributed by atoms with van der Waals surface area (Å²) in [4.78, 5) is 10.9. The van der Waals surface area contributed by atoms with Gasteiger partial charge in [0.05, 0.1) is 11.4 Å². The molecule has 2 nitrogen and oxygen atoms in total. The summed E-state index contributed by atoms with van der Waals surface area (Å²) in [6.45, 7) is 0. The van der Waals surface area contributed by atoms with Crippen molar-refractivity contribution in [2.75, 3.05) is 0 Å². The highest BCUT2D eigenvalue weighted by Gasteiger charge is 2.18. The number of rotatable bonds is 6. The van der Waals surface area contributed by atoms with E-state index in [4.69, 9.17) is 9.97 Å². The van der Waals surface area contributed by atoms with Crippen LogP contribution in [0, 0.1) is 0 Å². The molecule has 0 unspecified atom stereocenters. The molecule has 1 aromatic heterocycles. The zero-order valence-corrected chi connectivity index (χ0v) is 33.8. The fourth-order valence-electron chi connectivity index (χ4n) is 9.51. The first-order valence-corrected chi connectivity index (χ1v) is 21.2. The fourth-order valence-corrected chi connectivity index (χ4v) is 9.51. The van der Waals surface area contributed by atoms with Gasteiger partial charge in [0.25, 0.3) is 0 Å². The van der Waals surface area contributed by atoms with Crippen LogP contribution in [0.25, 0.3) is 121 Å². The van der Waals surface area contributed by atoms with Crippen LogP contribution in [0.3, 0.4) is 0 Å². The summed E-state index contributed by atoms with van der Waals surface area (Å²) in [5, 5.41) is 12.4. The standard InChI is InChI=1S/C60H38N2/c1-3-17-39(18-4-1)46-22-9-16-30-55(46)59-38-58(40-19-5-2-6-20-40)61-60(62-59)45-34-43(33-44(35-45)56-37-42-21-7-8-23-47(42)48-24-10-14-28-52(48)56)41-31-32-54-51-27-12-11-25-49(51)50-26-13-15-29-53(50)57(54)36-41/h1-38H. The Hall–Kier alpha value is -8.20. The van der Waals surface area contributed by atoms with E-state index in [-0.39, 0.29) is 0 Å². The van der Waals surface area contributed by atoms with Gasteiger partial charge in [-0.05, 0) is 124 Å². The molecule has 0 N–H and O–H groups in total. The second-order valence-electron chi connectivity index (χ2n) is 16.1. The molecule has 0 aliphatic carbocycles. The molecule has 0 atom stereocenters. The molecule has 0 aliphatic heterocycles. The van der Waals surface area contributed by atoms with Crippen LogP contribution < -0.4 is 0 Å². The number of benzene rings is 11. The maximum atomic E-state index is 5.48. The maximum absolute atomic E-state index is 5.48. The van der Waals surface area contributed by atoms with Crippen LogP contribution in [0.4, 0.5) is 0 Å². The van der Waals surface area contributed by atoms with Crippen LogP contribution in [0.15, 0.2) is 231 Å². The Labute approximate surface area is 360 Å². The molecule has 2 heteroatoms. The second kappa shape index (κ2) is 14.8. The molecule has 0 spiro atoms. The van der Waals surface area contributed by atoms with Crippen LogP contribution in [0.2, 0.25) is 0 Å². The van der Waals surface area contributed by atoms with Gasteiger partial charge in [0.15, 0.2) is 5.82 Å². The third-order valence-corrected chi connectivity index (χ3v) is 12.4. The minimum Gasteiger partial charge on any atom is -0.228 e. The van der Waals surface area contributed by atoms with Crippen molar-refractivity contribution < 1.29 is 0 Å². The van der Waals surface area contributed by atoms with Gasteiger partial charge in [-0.25, -0.2) is 9.97 Å². The van der Waals surface area contributed by atoms with Crippen molar-refractivity contribution in [3.8, 4) is 67.3 Å². The van der Waals surface area contributed by atoms with Crippen molar-refractivity contribution in [2.45, 2.75) is 0 Å². The molecular formula is C60H38N2.